The van der Waals surface area contributed by atoms with Crippen molar-refractivity contribution in [2.24, 2.45) is 0 Å². The number of para-hydroxylation sites is 1. The number of aliphatic hydroxyl groups is 1. The van der Waals surface area contributed by atoms with Crippen molar-refractivity contribution < 1.29 is 14.6 Å². The van der Waals surface area contributed by atoms with E-state index in [1.807, 2.05) is 24.3 Å². The van der Waals surface area contributed by atoms with Crippen molar-refractivity contribution in [2.45, 2.75) is 44.8 Å². The van der Waals surface area contributed by atoms with E-state index in [4.69, 9.17) is 14.6 Å². The van der Waals surface area contributed by atoms with Gasteiger partial charge in [-0.3, -0.25) is 0 Å². The van der Waals surface area contributed by atoms with Gasteiger partial charge in [0, 0.05) is 6.61 Å². The van der Waals surface area contributed by atoms with Gasteiger partial charge in [0.2, 0.25) is 0 Å². The van der Waals surface area contributed by atoms with Gasteiger partial charge in [-0.2, -0.15) is 0 Å². The smallest absolute Gasteiger partial charge is 0.122 e. The summed E-state index contributed by atoms with van der Waals surface area (Å²) >= 11 is 0. The lowest BCUT2D eigenvalue weighted by Gasteiger charge is -2.20. The Morgan fingerprint density at radius 1 is 1.39 bits per heavy atom. The summed E-state index contributed by atoms with van der Waals surface area (Å²) < 4.78 is 11.7. The highest BCUT2D eigenvalue weighted by molar-refractivity contribution is 5.33. The van der Waals surface area contributed by atoms with Crippen molar-refractivity contribution in [2.75, 3.05) is 13.2 Å². The molecule has 1 aliphatic heterocycles. The molecule has 1 heterocycles. The molecule has 2 rings (SSSR count). The summed E-state index contributed by atoms with van der Waals surface area (Å²) in [6, 6.07) is 7.86. The fourth-order valence-corrected chi connectivity index (χ4v) is 2.35. The zero-order valence-electron chi connectivity index (χ0n) is 11.2. The topological polar surface area (TPSA) is 38.7 Å². The summed E-state index contributed by atoms with van der Waals surface area (Å²) in [5.41, 5.74) is 1.04. The van der Waals surface area contributed by atoms with Gasteiger partial charge in [-0.1, -0.05) is 18.2 Å². The van der Waals surface area contributed by atoms with Gasteiger partial charge in [0.15, 0.2) is 0 Å². The molecule has 18 heavy (non-hydrogen) atoms. The molecule has 0 radical (unpaired) electrons. The maximum Gasteiger partial charge on any atom is 0.122 e. The van der Waals surface area contributed by atoms with Crippen LogP contribution in [0.4, 0.5) is 0 Å². The molecule has 0 aromatic heterocycles. The van der Waals surface area contributed by atoms with Crippen molar-refractivity contribution in [1.82, 2.24) is 0 Å². The normalized spacial score (nSPS) is 22.1. The monoisotopic (exact) mass is 250 g/mol. The summed E-state index contributed by atoms with van der Waals surface area (Å²) in [5.74, 6) is 0.861. The number of hydrogen-bond donors (Lipinski definition) is 1. The van der Waals surface area contributed by atoms with Crippen LogP contribution in [0, 0.1) is 0 Å². The van der Waals surface area contributed by atoms with E-state index in [9.17, 15) is 0 Å². The van der Waals surface area contributed by atoms with E-state index in [0.717, 1.165) is 24.2 Å². The molecule has 1 unspecified atom stereocenters. The SMILES string of the molecule is CC1(C)CCC(COc2ccccc2CCO)O1. The summed E-state index contributed by atoms with van der Waals surface area (Å²) in [5, 5.41) is 9.01. The number of rotatable bonds is 5. The lowest BCUT2D eigenvalue weighted by atomic mass is 10.1. The van der Waals surface area contributed by atoms with Crippen molar-refractivity contribution in [3.63, 3.8) is 0 Å². The molecule has 0 aliphatic carbocycles. The minimum Gasteiger partial charge on any atom is -0.491 e. The van der Waals surface area contributed by atoms with Gasteiger partial charge in [-0.05, 0) is 44.7 Å². The second-order valence-electron chi connectivity index (χ2n) is 5.43. The highest BCUT2D eigenvalue weighted by Gasteiger charge is 2.31. The molecule has 1 atom stereocenters. The Bertz CT molecular complexity index is 387. The van der Waals surface area contributed by atoms with Gasteiger partial charge in [-0.15, -0.1) is 0 Å². The molecule has 100 valence electrons. The molecule has 1 aromatic carbocycles. The van der Waals surface area contributed by atoms with E-state index in [-0.39, 0.29) is 18.3 Å². The molecule has 1 N–H and O–H groups in total. The van der Waals surface area contributed by atoms with Crippen LogP contribution in [0.2, 0.25) is 0 Å². The number of benzene rings is 1. The van der Waals surface area contributed by atoms with Crippen LogP contribution in [-0.4, -0.2) is 30.0 Å². The summed E-state index contributed by atoms with van der Waals surface area (Å²) in [6.07, 6.45) is 2.95. The van der Waals surface area contributed by atoms with E-state index in [1.165, 1.54) is 0 Å². The first-order valence-electron chi connectivity index (χ1n) is 6.60. The Morgan fingerprint density at radius 3 is 2.83 bits per heavy atom. The summed E-state index contributed by atoms with van der Waals surface area (Å²) in [6.45, 7) is 4.97. The third kappa shape index (κ3) is 3.47. The van der Waals surface area contributed by atoms with Gasteiger partial charge in [0.1, 0.15) is 12.4 Å². The van der Waals surface area contributed by atoms with E-state index in [1.54, 1.807) is 0 Å². The van der Waals surface area contributed by atoms with Crippen molar-refractivity contribution in [1.29, 1.82) is 0 Å². The lowest BCUT2D eigenvalue weighted by Crippen LogP contribution is -2.24. The molecule has 0 saturated carbocycles. The zero-order chi connectivity index (χ0) is 13.0. The third-order valence-corrected chi connectivity index (χ3v) is 3.33. The van der Waals surface area contributed by atoms with Crippen LogP contribution in [-0.2, 0) is 11.2 Å². The van der Waals surface area contributed by atoms with Gasteiger partial charge in [0.05, 0.1) is 11.7 Å². The van der Waals surface area contributed by atoms with E-state index >= 15 is 0 Å². The molecule has 1 aliphatic rings. The van der Waals surface area contributed by atoms with Crippen LogP contribution in [0.15, 0.2) is 24.3 Å². The van der Waals surface area contributed by atoms with Crippen LogP contribution >= 0.6 is 0 Å². The molecular formula is C15H22O3. The van der Waals surface area contributed by atoms with Crippen LogP contribution in [0.5, 0.6) is 5.75 Å². The van der Waals surface area contributed by atoms with Crippen LogP contribution in [0.25, 0.3) is 0 Å². The molecule has 1 saturated heterocycles. The quantitative estimate of drug-likeness (QED) is 0.873. The fraction of sp³-hybridized carbons (Fsp3) is 0.600. The van der Waals surface area contributed by atoms with E-state index in [0.29, 0.717) is 13.0 Å². The van der Waals surface area contributed by atoms with Gasteiger partial charge in [0.25, 0.3) is 0 Å². The first-order valence-corrected chi connectivity index (χ1v) is 6.60. The van der Waals surface area contributed by atoms with Crippen LogP contribution in [0.3, 0.4) is 0 Å². The average Bonchev–Trinajstić information content (AvgIpc) is 2.68. The van der Waals surface area contributed by atoms with E-state index in [2.05, 4.69) is 13.8 Å². The van der Waals surface area contributed by atoms with Crippen molar-refractivity contribution >= 4 is 0 Å². The highest BCUT2D eigenvalue weighted by atomic mass is 16.6. The first kappa shape index (κ1) is 13.4. The van der Waals surface area contributed by atoms with Gasteiger partial charge in [-0.25, -0.2) is 0 Å². The lowest BCUT2D eigenvalue weighted by molar-refractivity contribution is -0.0327. The Balaban J connectivity index is 1.90. The standard InChI is InChI=1S/C15H22O3/c1-15(2)9-7-13(18-15)11-17-14-6-4-3-5-12(14)8-10-16/h3-6,13,16H,7-11H2,1-2H3. The number of ether oxygens (including phenoxy) is 2. The third-order valence-electron chi connectivity index (χ3n) is 3.33. The summed E-state index contributed by atoms with van der Waals surface area (Å²) in [7, 11) is 0. The minimum absolute atomic E-state index is 0.0152. The number of aliphatic hydroxyl groups excluding tert-OH is 1. The maximum absolute atomic E-state index is 9.01. The Hall–Kier alpha value is -1.06. The molecule has 1 aromatic rings. The maximum atomic E-state index is 9.01. The van der Waals surface area contributed by atoms with Gasteiger partial charge >= 0.3 is 0 Å². The highest BCUT2D eigenvalue weighted by Crippen LogP contribution is 2.30. The van der Waals surface area contributed by atoms with E-state index < -0.39 is 0 Å². The second-order valence-corrected chi connectivity index (χ2v) is 5.43. The molecule has 3 nitrogen and oxygen atoms in total. The molecular weight excluding hydrogens is 228 g/mol. The van der Waals surface area contributed by atoms with Crippen LogP contribution < -0.4 is 4.74 Å². The molecule has 0 spiro atoms. The zero-order valence-corrected chi connectivity index (χ0v) is 11.2. The molecule has 0 bridgehead atoms. The first-order chi connectivity index (χ1) is 8.61. The Morgan fingerprint density at radius 2 is 2.17 bits per heavy atom. The van der Waals surface area contributed by atoms with Crippen molar-refractivity contribution in [3.05, 3.63) is 29.8 Å². The largest absolute Gasteiger partial charge is 0.491 e. The van der Waals surface area contributed by atoms with Crippen molar-refractivity contribution in [3.8, 4) is 5.75 Å². The molecule has 1 fully saturated rings. The van der Waals surface area contributed by atoms with Crippen LogP contribution in [0.1, 0.15) is 32.3 Å². The predicted octanol–water partition coefficient (Wildman–Crippen LogP) is 2.56. The Kier molecular flexibility index (Phi) is 4.25. The average molecular weight is 250 g/mol. The second kappa shape index (κ2) is 5.72. The molecule has 3 heteroatoms. The molecule has 0 amide bonds. The minimum atomic E-state index is -0.0152. The summed E-state index contributed by atoms with van der Waals surface area (Å²) in [4.78, 5) is 0. The fourth-order valence-electron chi connectivity index (χ4n) is 2.35. The van der Waals surface area contributed by atoms with Gasteiger partial charge < -0.3 is 14.6 Å². The number of hydrogen-bond acceptors (Lipinski definition) is 3. The predicted molar refractivity (Wildman–Crippen MR) is 70.9 cm³/mol. The Labute approximate surface area is 109 Å².